The van der Waals surface area contributed by atoms with Gasteiger partial charge in [0.2, 0.25) is 0 Å². The Balaban J connectivity index is 2.87. The van der Waals surface area contributed by atoms with Crippen molar-refractivity contribution in [3.63, 3.8) is 0 Å². The van der Waals surface area contributed by atoms with E-state index in [4.69, 9.17) is 0 Å². The van der Waals surface area contributed by atoms with Crippen LogP contribution < -0.4 is 4.90 Å². The van der Waals surface area contributed by atoms with Crippen molar-refractivity contribution in [1.29, 1.82) is 0 Å². The maximum atomic E-state index is 12.0. The summed E-state index contributed by atoms with van der Waals surface area (Å²) in [5.74, 6) is -0.00537. The molecule has 0 saturated heterocycles. The van der Waals surface area contributed by atoms with Crippen LogP contribution in [-0.2, 0) is 4.79 Å². The number of carbonyl (C=O) groups excluding carboxylic acids is 1. The molecule has 16 heavy (non-hydrogen) atoms. The first-order chi connectivity index (χ1) is 7.52. The molecule has 1 aromatic rings. The molecule has 0 atom stereocenters. The number of allylic oxidation sites excluding steroid dienone is 2. The largest absolute Gasteiger partial charge is 0.312 e. The van der Waals surface area contributed by atoms with Gasteiger partial charge in [-0.15, -0.1) is 0 Å². The van der Waals surface area contributed by atoms with Crippen molar-refractivity contribution in [1.82, 2.24) is 0 Å². The molecule has 0 fully saturated rings. The van der Waals surface area contributed by atoms with Crippen molar-refractivity contribution in [2.45, 2.75) is 13.8 Å². The van der Waals surface area contributed by atoms with Crippen LogP contribution >= 0.6 is 0 Å². The first-order valence-electron chi connectivity index (χ1n) is 5.19. The first-order valence-corrected chi connectivity index (χ1v) is 5.19. The number of hydrogen-bond acceptors (Lipinski definition) is 1. The summed E-state index contributed by atoms with van der Waals surface area (Å²) in [6.07, 6.45) is 1.79. The number of para-hydroxylation sites is 1. The van der Waals surface area contributed by atoms with Crippen LogP contribution in [0.3, 0.4) is 0 Å². The summed E-state index contributed by atoms with van der Waals surface area (Å²) < 4.78 is 0. The summed E-state index contributed by atoms with van der Waals surface area (Å²) in [7, 11) is 1.77. The SMILES string of the molecule is C=C(C)C=C(C)C(=O)N(C)c1ccccc1. The Morgan fingerprint density at radius 2 is 1.81 bits per heavy atom. The fourth-order valence-electron chi connectivity index (χ4n) is 1.46. The number of benzene rings is 1. The van der Waals surface area contributed by atoms with Gasteiger partial charge in [-0.1, -0.05) is 36.4 Å². The molecule has 0 aliphatic carbocycles. The highest BCUT2D eigenvalue weighted by atomic mass is 16.2. The molecule has 2 nitrogen and oxygen atoms in total. The average molecular weight is 215 g/mol. The van der Waals surface area contributed by atoms with Gasteiger partial charge in [-0.05, 0) is 26.0 Å². The lowest BCUT2D eigenvalue weighted by Crippen LogP contribution is -2.26. The molecule has 1 aromatic carbocycles. The Kier molecular flexibility index (Phi) is 4.06. The molecule has 0 bridgehead atoms. The van der Waals surface area contributed by atoms with Crippen LogP contribution in [0, 0.1) is 0 Å². The Bertz CT molecular complexity index is 418. The third-order valence-electron chi connectivity index (χ3n) is 2.25. The minimum Gasteiger partial charge on any atom is -0.312 e. The predicted octanol–water partition coefficient (Wildman–Crippen LogP) is 3.17. The monoisotopic (exact) mass is 215 g/mol. The van der Waals surface area contributed by atoms with E-state index in [1.165, 1.54) is 0 Å². The van der Waals surface area contributed by atoms with Gasteiger partial charge in [0, 0.05) is 18.3 Å². The number of rotatable bonds is 3. The van der Waals surface area contributed by atoms with E-state index in [2.05, 4.69) is 6.58 Å². The van der Waals surface area contributed by atoms with Crippen molar-refractivity contribution >= 4 is 11.6 Å². The normalized spacial score (nSPS) is 11.1. The van der Waals surface area contributed by atoms with Crippen LogP contribution in [0.25, 0.3) is 0 Å². The minimum atomic E-state index is -0.00537. The summed E-state index contributed by atoms with van der Waals surface area (Å²) >= 11 is 0. The fraction of sp³-hybridized carbons (Fsp3) is 0.214. The molecule has 0 N–H and O–H groups in total. The molecule has 0 aliphatic rings. The molecule has 1 amide bonds. The fourth-order valence-corrected chi connectivity index (χ4v) is 1.46. The average Bonchev–Trinajstić information content (AvgIpc) is 2.27. The molecule has 0 spiro atoms. The van der Waals surface area contributed by atoms with Crippen molar-refractivity contribution in [2.75, 3.05) is 11.9 Å². The summed E-state index contributed by atoms with van der Waals surface area (Å²) in [6.45, 7) is 7.44. The van der Waals surface area contributed by atoms with E-state index in [0.717, 1.165) is 11.3 Å². The highest BCUT2D eigenvalue weighted by molar-refractivity contribution is 6.05. The van der Waals surface area contributed by atoms with Crippen LogP contribution in [0.1, 0.15) is 13.8 Å². The van der Waals surface area contributed by atoms with Gasteiger partial charge < -0.3 is 4.90 Å². The Morgan fingerprint density at radius 1 is 1.25 bits per heavy atom. The summed E-state index contributed by atoms with van der Waals surface area (Å²) in [6, 6.07) is 9.57. The van der Waals surface area contributed by atoms with Gasteiger partial charge in [0.05, 0.1) is 0 Å². The number of likely N-dealkylation sites (N-methyl/N-ethyl adjacent to an activating group) is 1. The van der Waals surface area contributed by atoms with E-state index < -0.39 is 0 Å². The highest BCUT2D eigenvalue weighted by Gasteiger charge is 2.11. The molecule has 0 heterocycles. The van der Waals surface area contributed by atoms with E-state index >= 15 is 0 Å². The summed E-state index contributed by atoms with van der Waals surface area (Å²) in [4.78, 5) is 13.6. The van der Waals surface area contributed by atoms with Crippen LogP contribution in [0.2, 0.25) is 0 Å². The first kappa shape index (κ1) is 12.2. The molecule has 0 aliphatic heterocycles. The van der Waals surface area contributed by atoms with Gasteiger partial charge in [-0.3, -0.25) is 4.79 Å². The maximum absolute atomic E-state index is 12.0. The number of hydrogen-bond donors (Lipinski definition) is 0. The van der Waals surface area contributed by atoms with Crippen molar-refractivity contribution in [3.05, 3.63) is 54.1 Å². The van der Waals surface area contributed by atoms with Gasteiger partial charge in [0.1, 0.15) is 0 Å². The zero-order valence-electron chi connectivity index (χ0n) is 10.0. The van der Waals surface area contributed by atoms with Crippen LogP contribution in [0.15, 0.2) is 54.1 Å². The molecule has 0 unspecified atom stereocenters. The van der Waals surface area contributed by atoms with E-state index in [0.29, 0.717) is 5.57 Å². The lowest BCUT2D eigenvalue weighted by Gasteiger charge is -2.17. The van der Waals surface area contributed by atoms with Crippen LogP contribution in [0.5, 0.6) is 0 Å². The van der Waals surface area contributed by atoms with Crippen LogP contribution in [0.4, 0.5) is 5.69 Å². The summed E-state index contributed by atoms with van der Waals surface area (Å²) in [5, 5.41) is 0. The third kappa shape index (κ3) is 3.09. The number of carbonyl (C=O) groups is 1. The smallest absolute Gasteiger partial charge is 0.253 e. The van der Waals surface area contributed by atoms with Gasteiger partial charge in [-0.25, -0.2) is 0 Å². The van der Waals surface area contributed by atoms with Gasteiger partial charge in [-0.2, -0.15) is 0 Å². The Morgan fingerprint density at radius 3 is 2.31 bits per heavy atom. The molecular weight excluding hydrogens is 198 g/mol. The van der Waals surface area contributed by atoms with E-state index in [1.54, 1.807) is 24.9 Å². The second kappa shape index (κ2) is 5.31. The van der Waals surface area contributed by atoms with Crippen molar-refractivity contribution < 1.29 is 4.79 Å². The van der Waals surface area contributed by atoms with Crippen LogP contribution in [-0.4, -0.2) is 13.0 Å². The van der Waals surface area contributed by atoms with Crippen molar-refractivity contribution in [3.8, 4) is 0 Å². The molecule has 84 valence electrons. The van der Waals surface area contributed by atoms with Gasteiger partial charge >= 0.3 is 0 Å². The third-order valence-corrected chi connectivity index (χ3v) is 2.25. The van der Waals surface area contributed by atoms with Crippen molar-refractivity contribution in [2.24, 2.45) is 0 Å². The van der Waals surface area contributed by atoms with E-state index in [9.17, 15) is 4.79 Å². The number of anilines is 1. The van der Waals surface area contributed by atoms with Gasteiger partial charge in [0.25, 0.3) is 5.91 Å². The standard InChI is InChI=1S/C14H17NO/c1-11(2)10-12(3)14(16)15(4)13-8-6-5-7-9-13/h5-10H,1H2,2-4H3. The van der Waals surface area contributed by atoms with Gasteiger partial charge in [0.15, 0.2) is 0 Å². The topological polar surface area (TPSA) is 20.3 Å². The number of nitrogens with zero attached hydrogens (tertiary/aromatic N) is 1. The minimum absolute atomic E-state index is 0.00537. The molecule has 2 heteroatoms. The highest BCUT2D eigenvalue weighted by Crippen LogP contribution is 2.14. The summed E-state index contributed by atoms with van der Waals surface area (Å²) in [5.41, 5.74) is 2.47. The second-order valence-corrected chi connectivity index (χ2v) is 3.87. The second-order valence-electron chi connectivity index (χ2n) is 3.87. The number of amides is 1. The Labute approximate surface area is 96.9 Å². The predicted molar refractivity (Wildman–Crippen MR) is 68.4 cm³/mol. The van der Waals surface area contributed by atoms with E-state index in [-0.39, 0.29) is 5.91 Å². The maximum Gasteiger partial charge on any atom is 0.253 e. The lowest BCUT2D eigenvalue weighted by atomic mass is 10.2. The molecule has 0 radical (unpaired) electrons. The molecule has 0 saturated carbocycles. The quantitative estimate of drug-likeness (QED) is 0.560. The zero-order valence-corrected chi connectivity index (χ0v) is 10.0. The molecular formula is C14H17NO. The Hall–Kier alpha value is -1.83. The molecule has 1 rings (SSSR count). The molecule has 0 aromatic heterocycles. The van der Waals surface area contributed by atoms with E-state index in [1.807, 2.05) is 37.3 Å². The zero-order chi connectivity index (χ0) is 12.1. The lowest BCUT2D eigenvalue weighted by molar-refractivity contribution is -0.114.